The van der Waals surface area contributed by atoms with E-state index in [1.807, 2.05) is 17.2 Å². The first-order chi connectivity index (χ1) is 15.2. The number of rotatable bonds is 5. The zero-order valence-electron chi connectivity index (χ0n) is 17.8. The molecule has 8 nitrogen and oxygen atoms in total. The summed E-state index contributed by atoms with van der Waals surface area (Å²) in [6.07, 6.45) is 8.42. The van der Waals surface area contributed by atoms with Crippen LogP contribution in [0.15, 0.2) is 18.3 Å². The fourth-order valence-electron chi connectivity index (χ4n) is 5.59. The number of H-pyrrole nitrogens is 1. The summed E-state index contributed by atoms with van der Waals surface area (Å²) in [6, 6.07) is 4.89. The number of hydrogen-bond donors (Lipinski definition) is 2. The van der Waals surface area contributed by atoms with Gasteiger partial charge in [0.1, 0.15) is 11.5 Å². The highest BCUT2D eigenvalue weighted by atomic mass is 16.2. The minimum atomic E-state index is 0.0784. The third-order valence-corrected chi connectivity index (χ3v) is 7.46. The van der Waals surface area contributed by atoms with Gasteiger partial charge in [0.05, 0.1) is 12.2 Å². The maximum atomic E-state index is 12.7. The Labute approximate surface area is 182 Å². The first-order valence-corrected chi connectivity index (χ1v) is 11.7. The van der Waals surface area contributed by atoms with Crippen LogP contribution in [0.25, 0.3) is 11.0 Å². The van der Waals surface area contributed by atoms with Gasteiger partial charge < -0.3 is 20.1 Å². The van der Waals surface area contributed by atoms with Crippen LogP contribution in [0.4, 0.5) is 11.5 Å². The van der Waals surface area contributed by atoms with Gasteiger partial charge in [-0.1, -0.05) is 0 Å². The third-order valence-electron chi connectivity index (χ3n) is 7.46. The maximum absolute atomic E-state index is 12.7. The number of carbonyl (C=O) groups excluding carboxylic acids is 2. The van der Waals surface area contributed by atoms with Crippen molar-refractivity contribution >= 4 is 34.4 Å². The molecule has 2 amide bonds. The fraction of sp³-hybridized carbons (Fsp3) is 0.609. The van der Waals surface area contributed by atoms with Crippen LogP contribution in [0.1, 0.15) is 38.5 Å². The van der Waals surface area contributed by atoms with Crippen LogP contribution < -0.4 is 10.2 Å². The van der Waals surface area contributed by atoms with Crippen molar-refractivity contribution in [1.29, 1.82) is 0 Å². The van der Waals surface area contributed by atoms with E-state index in [4.69, 9.17) is 0 Å². The summed E-state index contributed by atoms with van der Waals surface area (Å²) in [7, 11) is 0. The van der Waals surface area contributed by atoms with Gasteiger partial charge in [-0.3, -0.25) is 14.5 Å². The first-order valence-electron chi connectivity index (χ1n) is 11.7. The van der Waals surface area contributed by atoms with E-state index in [0.29, 0.717) is 30.4 Å². The molecule has 2 unspecified atom stereocenters. The molecule has 3 aliphatic heterocycles. The van der Waals surface area contributed by atoms with Gasteiger partial charge in [-0.2, -0.15) is 0 Å². The Hall–Kier alpha value is -2.61. The monoisotopic (exact) mass is 422 g/mol. The number of hydrogen-bond acceptors (Lipinski definition) is 5. The molecule has 2 bridgehead atoms. The molecule has 8 heteroatoms. The van der Waals surface area contributed by atoms with E-state index in [1.54, 1.807) is 0 Å². The largest absolute Gasteiger partial charge is 0.368 e. The summed E-state index contributed by atoms with van der Waals surface area (Å²) in [5.74, 6) is 1.15. The summed E-state index contributed by atoms with van der Waals surface area (Å²) >= 11 is 0. The van der Waals surface area contributed by atoms with Gasteiger partial charge in [-0.05, 0) is 44.6 Å². The molecule has 3 saturated heterocycles. The van der Waals surface area contributed by atoms with Gasteiger partial charge in [-0.15, -0.1) is 0 Å². The number of pyridine rings is 1. The second kappa shape index (κ2) is 7.51. The predicted molar refractivity (Wildman–Crippen MR) is 119 cm³/mol. The molecule has 4 aliphatic rings. The zero-order chi connectivity index (χ0) is 20.9. The van der Waals surface area contributed by atoms with Gasteiger partial charge in [0, 0.05) is 61.8 Å². The normalized spacial score (nSPS) is 26.1. The van der Waals surface area contributed by atoms with Crippen molar-refractivity contribution in [3.8, 4) is 0 Å². The Morgan fingerprint density at radius 2 is 1.84 bits per heavy atom. The number of nitrogens with zero attached hydrogens (tertiary/aromatic N) is 4. The Morgan fingerprint density at radius 1 is 1.10 bits per heavy atom. The van der Waals surface area contributed by atoms with Gasteiger partial charge in [0.15, 0.2) is 0 Å². The van der Waals surface area contributed by atoms with Crippen LogP contribution in [0.3, 0.4) is 0 Å². The molecule has 2 aromatic heterocycles. The molecular formula is C23H30N6O2. The Balaban J connectivity index is 1.21. The molecule has 2 atom stereocenters. The highest BCUT2D eigenvalue weighted by Gasteiger charge is 2.42. The molecule has 4 fully saturated rings. The van der Waals surface area contributed by atoms with E-state index < -0.39 is 0 Å². The Kier molecular flexibility index (Phi) is 4.63. The zero-order valence-corrected chi connectivity index (χ0v) is 17.8. The van der Waals surface area contributed by atoms with Gasteiger partial charge >= 0.3 is 0 Å². The summed E-state index contributed by atoms with van der Waals surface area (Å²) in [5, 5.41) is 4.10. The molecule has 1 saturated carbocycles. The molecule has 0 aromatic carbocycles. The highest BCUT2D eigenvalue weighted by molar-refractivity contribution is 5.97. The van der Waals surface area contributed by atoms with Crippen LogP contribution in [0.5, 0.6) is 0 Å². The predicted octanol–water partition coefficient (Wildman–Crippen LogP) is 2.19. The second-order valence-corrected chi connectivity index (χ2v) is 9.58. The molecule has 6 rings (SSSR count). The van der Waals surface area contributed by atoms with Crippen LogP contribution >= 0.6 is 0 Å². The van der Waals surface area contributed by atoms with Crippen molar-refractivity contribution in [2.45, 2.75) is 50.6 Å². The lowest BCUT2D eigenvalue weighted by Crippen LogP contribution is -2.56. The average Bonchev–Trinajstić information content (AvgIpc) is 3.16. The summed E-state index contributed by atoms with van der Waals surface area (Å²) < 4.78 is 0. The number of likely N-dealkylation sites (tertiary alicyclic amines) is 1. The van der Waals surface area contributed by atoms with Crippen molar-refractivity contribution in [2.24, 2.45) is 5.92 Å². The Morgan fingerprint density at radius 3 is 2.55 bits per heavy atom. The van der Waals surface area contributed by atoms with Crippen molar-refractivity contribution in [3.63, 3.8) is 0 Å². The molecular weight excluding hydrogens is 392 g/mol. The van der Waals surface area contributed by atoms with E-state index in [1.165, 1.54) is 0 Å². The molecule has 31 heavy (non-hydrogen) atoms. The van der Waals surface area contributed by atoms with Crippen molar-refractivity contribution in [1.82, 2.24) is 19.8 Å². The number of amides is 2. The topological polar surface area (TPSA) is 84.6 Å². The number of piperazine rings is 1. The SMILES string of the molecule is O=C(Nc1cc(N2CC3CCC(C2)N3CC(=O)N2CCCC2)c2cc[nH]c2n1)C1CC1. The maximum Gasteiger partial charge on any atom is 0.236 e. The van der Waals surface area contributed by atoms with Crippen LogP contribution in [0.2, 0.25) is 0 Å². The van der Waals surface area contributed by atoms with Crippen LogP contribution in [-0.2, 0) is 9.59 Å². The van der Waals surface area contributed by atoms with Crippen molar-refractivity contribution < 1.29 is 9.59 Å². The minimum Gasteiger partial charge on any atom is -0.368 e. The number of aromatic amines is 1. The lowest BCUT2D eigenvalue weighted by molar-refractivity contribution is -0.132. The number of anilines is 2. The van der Waals surface area contributed by atoms with E-state index in [2.05, 4.69) is 31.2 Å². The summed E-state index contributed by atoms with van der Waals surface area (Å²) in [4.78, 5) is 39.8. The molecule has 1 aliphatic carbocycles. The molecule has 0 spiro atoms. The number of fused-ring (bicyclic) bond motifs is 3. The van der Waals surface area contributed by atoms with E-state index >= 15 is 0 Å². The smallest absolute Gasteiger partial charge is 0.236 e. The fourth-order valence-corrected chi connectivity index (χ4v) is 5.59. The van der Waals surface area contributed by atoms with Crippen molar-refractivity contribution in [2.75, 3.05) is 42.9 Å². The van der Waals surface area contributed by atoms with Crippen LogP contribution in [0, 0.1) is 5.92 Å². The molecule has 0 radical (unpaired) electrons. The average molecular weight is 423 g/mol. The van der Waals surface area contributed by atoms with E-state index in [0.717, 1.165) is 81.4 Å². The van der Waals surface area contributed by atoms with Crippen LogP contribution in [-0.4, -0.2) is 76.4 Å². The van der Waals surface area contributed by atoms with E-state index in [-0.39, 0.29) is 11.8 Å². The molecule has 164 valence electrons. The highest BCUT2D eigenvalue weighted by Crippen LogP contribution is 2.37. The third kappa shape index (κ3) is 3.56. The van der Waals surface area contributed by atoms with Crippen molar-refractivity contribution in [3.05, 3.63) is 18.3 Å². The summed E-state index contributed by atoms with van der Waals surface area (Å²) in [5.41, 5.74) is 1.93. The second-order valence-electron chi connectivity index (χ2n) is 9.58. The lowest BCUT2D eigenvalue weighted by Gasteiger charge is -2.42. The Bertz CT molecular complexity index is 995. The molecule has 5 heterocycles. The number of carbonyl (C=O) groups is 2. The van der Waals surface area contributed by atoms with E-state index in [9.17, 15) is 9.59 Å². The standard InChI is InChI=1S/C23H30N6O2/c30-21(27-9-1-2-10-27)14-29-16-5-6-17(29)13-28(12-16)19-11-20(26-23(31)15-3-4-15)25-22-18(19)7-8-24-22/h7-8,11,15-17H,1-6,9-10,12-14H2,(H2,24,25,26,31). The lowest BCUT2D eigenvalue weighted by atomic mass is 10.1. The van der Waals surface area contributed by atoms with Gasteiger partial charge in [0.2, 0.25) is 11.8 Å². The molecule has 2 aromatic rings. The van der Waals surface area contributed by atoms with Gasteiger partial charge in [0.25, 0.3) is 0 Å². The first kappa shape index (κ1) is 19.1. The number of nitrogens with one attached hydrogen (secondary N) is 2. The van der Waals surface area contributed by atoms with Gasteiger partial charge in [-0.25, -0.2) is 4.98 Å². The quantitative estimate of drug-likeness (QED) is 0.772. The summed E-state index contributed by atoms with van der Waals surface area (Å²) in [6.45, 7) is 4.22. The number of aromatic nitrogens is 2. The molecule has 2 N–H and O–H groups in total. The minimum absolute atomic E-state index is 0.0784.